The third-order valence-corrected chi connectivity index (χ3v) is 5.10. The molecule has 2 aromatic carbocycles. The third kappa shape index (κ3) is 7.10. The minimum Gasteiger partial charge on any atom is -0.485 e. The smallest absolute Gasteiger partial charge is 0.410 e. The van der Waals surface area contributed by atoms with Gasteiger partial charge in [0, 0.05) is 38.3 Å². The third-order valence-electron chi connectivity index (χ3n) is 5.10. The van der Waals surface area contributed by atoms with Crippen LogP contribution in [0.25, 0.3) is 0 Å². The lowest BCUT2D eigenvalue weighted by Gasteiger charge is -2.35. The molecule has 1 amide bonds. The molecule has 1 heterocycles. The van der Waals surface area contributed by atoms with Crippen LogP contribution in [-0.4, -0.2) is 60.1 Å². The van der Waals surface area contributed by atoms with Gasteiger partial charge in [0.25, 0.3) is 0 Å². The van der Waals surface area contributed by atoms with Crippen LogP contribution in [0.15, 0.2) is 48.5 Å². The first kappa shape index (κ1) is 22.8. The number of carbonyl (C=O) groups excluding carboxylic acids is 2. The van der Waals surface area contributed by atoms with Crippen molar-refractivity contribution in [1.29, 1.82) is 0 Å². The van der Waals surface area contributed by atoms with Crippen molar-refractivity contribution in [2.75, 3.05) is 32.8 Å². The number of hydrogen-bond donors (Lipinski definition) is 0. The lowest BCUT2D eigenvalue weighted by molar-refractivity contribution is 0.0139. The summed E-state index contributed by atoms with van der Waals surface area (Å²) in [5.41, 5.74) is 2.48. The molecule has 166 valence electrons. The molecule has 0 N–H and O–H groups in total. The molecule has 2 aromatic rings. The Bertz CT molecular complexity index is 877. The van der Waals surface area contributed by atoms with Gasteiger partial charge >= 0.3 is 6.09 Å². The molecule has 1 aliphatic heterocycles. The van der Waals surface area contributed by atoms with Gasteiger partial charge in [0.1, 0.15) is 11.4 Å². The minimum atomic E-state index is -0.469. The average molecular weight is 425 g/mol. The lowest BCUT2D eigenvalue weighted by Crippen LogP contribution is -2.49. The number of carbonyl (C=O) groups is 2. The molecule has 0 aliphatic carbocycles. The van der Waals surface area contributed by atoms with Crippen LogP contribution in [0, 0.1) is 6.92 Å². The van der Waals surface area contributed by atoms with E-state index in [1.54, 1.807) is 4.90 Å². The molecule has 6 nitrogen and oxygen atoms in total. The molecule has 1 saturated heterocycles. The van der Waals surface area contributed by atoms with Crippen molar-refractivity contribution in [2.45, 2.75) is 39.8 Å². The van der Waals surface area contributed by atoms with Crippen molar-refractivity contribution < 1.29 is 19.1 Å². The number of piperazine rings is 1. The number of rotatable bonds is 6. The van der Waals surface area contributed by atoms with E-state index in [-0.39, 0.29) is 18.5 Å². The quantitative estimate of drug-likeness (QED) is 0.647. The van der Waals surface area contributed by atoms with Crippen molar-refractivity contribution in [2.24, 2.45) is 0 Å². The number of benzene rings is 2. The van der Waals surface area contributed by atoms with Gasteiger partial charge in [-0.05, 0) is 45.4 Å². The predicted octanol–water partition coefficient (Wildman–Crippen LogP) is 4.31. The summed E-state index contributed by atoms with van der Waals surface area (Å²) < 4.78 is 11.1. The van der Waals surface area contributed by atoms with Gasteiger partial charge in [0.2, 0.25) is 0 Å². The van der Waals surface area contributed by atoms with E-state index in [9.17, 15) is 9.59 Å². The molecular weight excluding hydrogens is 392 g/mol. The van der Waals surface area contributed by atoms with Crippen molar-refractivity contribution in [3.05, 3.63) is 65.2 Å². The summed E-state index contributed by atoms with van der Waals surface area (Å²) in [7, 11) is 0. The zero-order chi connectivity index (χ0) is 22.4. The fourth-order valence-electron chi connectivity index (χ4n) is 3.34. The van der Waals surface area contributed by atoms with E-state index in [1.807, 2.05) is 76.2 Å². The Morgan fingerprint density at radius 2 is 1.52 bits per heavy atom. The molecule has 31 heavy (non-hydrogen) atoms. The molecule has 1 aliphatic rings. The topological polar surface area (TPSA) is 59.1 Å². The highest BCUT2D eigenvalue weighted by Gasteiger charge is 2.25. The second-order valence-electron chi connectivity index (χ2n) is 8.97. The van der Waals surface area contributed by atoms with E-state index >= 15 is 0 Å². The maximum atomic E-state index is 12.2. The molecule has 0 atom stereocenters. The summed E-state index contributed by atoms with van der Waals surface area (Å²) in [6, 6.07) is 15.3. The number of hydrogen-bond acceptors (Lipinski definition) is 5. The van der Waals surface area contributed by atoms with Crippen LogP contribution in [0.4, 0.5) is 4.79 Å². The van der Waals surface area contributed by atoms with E-state index in [2.05, 4.69) is 4.90 Å². The monoisotopic (exact) mass is 424 g/mol. The van der Waals surface area contributed by atoms with Gasteiger partial charge < -0.3 is 14.4 Å². The SMILES string of the molecule is Cc1ccc(C(=O)COc2ccc(CN3CCN(C(=O)OC(C)(C)C)CC3)cc2)cc1. The number of nitrogens with zero attached hydrogens (tertiary/aromatic N) is 2. The van der Waals surface area contributed by atoms with Crippen LogP contribution in [0.5, 0.6) is 5.75 Å². The van der Waals surface area contributed by atoms with Crippen LogP contribution in [-0.2, 0) is 11.3 Å². The largest absolute Gasteiger partial charge is 0.485 e. The summed E-state index contributed by atoms with van der Waals surface area (Å²) in [6.07, 6.45) is -0.242. The van der Waals surface area contributed by atoms with Crippen molar-refractivity contribution in [3.63, 3.8) is 0 Å². The van der Waals surface area contributed by atoms with Crippen molar-refractivity contribution in [1.82, 2.24) is 9.80 Å². The van der Waals surface area contributed by atoms with Gasteiger partial charge in [-0.2, -0.15) is 0 Å². The Labute approximate surface area is 184 Å². The Kier molecular flexibility index (Phi) is 7.33. The van der Waals surface area contributed by atoms with Crippen molar-refractivity contribution >= 4 is 11.9 Å². The Morgan fingerprint density at radius 1 is 0.903 bits per heavy atom. The second kappa shape index (κ2) is 9.96. The van der Waals surface area contributed by atoms with Crippen LogP contribution >= 0.6 is 0 Å². The number of Topliss-reactive ketones (excluding diaryl/α,β-unsaturated/α-hetero) is 1. The molecular formula is C25H32N2O4. The predicted molar refractivity (Wildman–Crippen MR) is 121 cm³/mol. The molecule has 0 bridgehead atoms. The van der Waals surface area contributed by atoms with Crippen LogP contribution in [0.3, 0.4) is 0 Å². The van der Waals surface area contributed by atoms with Gasteiger partial charge in [0.15, 0.2) is 12.4 Å². The number of ether oxygens (including phenoxy) is 2. The summed E-state index contributed by atoms with van der Waals surface area (Å²) in [5, 5.41) is 0. The van der Waals surface area contributed by atoms with Crippen molar-refractivity contribution in [3.8, 4) is 5.75 Å². The Balaban J connectivity index is 1.43. The molecule has 0 saturated carbocycles. The molecule has 6 heteroatoms. The van der Waals surface area contributed by atoms with E-state index < -0.39 is 5.60 Å². The highest BCUT2D eigenvalue weighted by molar-refractivity contribution is 5.97. The second-order valence-corrected chi connectivity index (χ2v) is 8.97. The molecule has 0 unspecified atom stereocenters. The van der Waals surface area contributed by atoms with Gasteiger partial charge in [-0.15, -0.1) is 0 Å². The number of amides is 1. The maximum absolute atomic E-state index is 12.2. The highest BCUT2D eigenvalue weighted by atomic mass is 16.6. The lowest BCUT2D eigenvalue weighted by atomic mass is 10.1. The first-order chi connectivity index (χ1) is 14.7. The highest BCUT2D eigenvalue weighted by Crippen LogP contribution is 2.17. The van der Waals surface area contributed by atoms with Crippen LogP contribution in [0.2, 0.25) is 0 Å². The van der Waals surface area contributed by atoms with E-state index in [0.717, 1.165) is 25.2 Å². The van der Waals surface area contributed by atoms with Gasteiger partial charge in [-0.25, -0.2) is 4.79 Å². The summed E-state index contributed by atoms with van der Waals surface area (Å²) in [5.74, 6) is 0.644. The van der Waals surface area contributed by atoms with Gasteiger partial charge in [0.05, 0.1) is 0 Å². The molecule has 0 spiro atoms. The first-order valence-electron chi connectivity index (χ1n) is 10.7. The fraction of sp³-hybridized carbons (Fsp3) is 0.440. The number of aryl methyl sites for hydroxylation is 1. The number of ketones is 1. The van der Waals surface area contributed by atoms with Gasteiger partial charge in [-0.1, -0.05) is 42.0 Å². The van der Waals surface area contributed by atoms with E-state index in [1.165, 1.54) is 5.56 Å². The molecule has 0 aromatic heterocycles. The van der Waals surface area contributed by atoms with Crippen LogP contribution in [0.1, 0.15) is 42.3 Å². The molecule has 0 radical (unpaired) electrons. The van der Waals surface area contributed by atoms with Gasteiger partial charge in [-0.3, -0.25) is 9.69 Å². The Morgan fingerprint density at radius 3 is 2.10 bits per heavy atom. The molecule has 1 fully saturated rings. The average Bonchev–Trinajstić information content (AvgIpc) is 2.73. The zero-order valence-corrected chi connectivity index (χ0v) is 18.9. The standard InChI is InChI=1S/C25H32N2O4/c1-19-5-9-21(10-6-19)23(28)18-30-22-11-7-20(8-12-22)17-26-13-15-27(16-14-26)24(29)31-25(2,3)4/h5-12H,13-18H2,1-4H3. The zero-order valence-electron chi connectivity index (χ0n) is 18.9. The summed E-state index contributed by atoms with van der Waals surface area (Å²) in [4.78, 5) is 28.5. The normalized spacial score (nSPS) is 14.9. The Hall–Kier alpha value is -2.86. The minimum absolute atomic E-state index is 0.0228. The summed E-state index contributed by atoms with van der Waals surface area (Å²) in [6.45, 7) is 11.4. The van der Waals surface area contributed by atoms with Crippen LogP contribution < -0.4 is 4.74 Å². The fourth-order valence-corrected chi connectivity index (χ4v) is 3.34. The first-order valence-corrected chi connectivity index (χ1v) is 10.7. The van der Waals surface area contributed by atoms with E-state index in [0.29, 0.717) is 24.4 Å². The summed E-state index contributed by atoms with van der Waals surface area (Å²) >= 11 is 0. The molecule has 3 rings (SSSR count). The maximum Gasteiger partial charge on any atom is 0.410 e. The van der Waals surface area contributed by atoms with E-state index in [4.69, 9.17) is 9.47 Å².